The summed E-state index contributed by atoms with van der Waals surface area (Å²) in [6.07, 6.45) is 4.57. The first-order valence-electron chi connectivity index (χ1n) is 4.83. The Morgan fingerprint density at radius 1 is 1.60 bits per heavy atom. The second kappa shape index (κ2) is 6.20. The van der Waals surface area contributed by atoms with Gasteiger partial charge in [0.1, 0.15) is 0 Å². The molecule has 5 heteroatoms. The second-order valence-electron chi connectivity index (χ2n) is 3.50. The van der Waals surface area contributed by atoms with Crippen LogP contribution in [0.4, 0.5) is 0 Å². The highest BCUT2D eigenvalue weighted by molar-refractivity contribution is 7.84. The number of nitrogens with zero attached hydrogens (tertiary/aromatic N) is 1. The highest BCUT2D eigenvalue weighted by atomic mass is 35.5. The summed E-state index contributed by atoms with van der Waals surface area (Å²) in [7, 11) is -0.749. The van der Waals surface area contributed by atoms with E-state index < -0.39 is 10.8 Å². The van der Waals surface area contributed by atoms with Crippen LogP contribution in [-0.4, -0.2) is 27.5 Å². The highest BCUT2D eigenvalue weighted by Crippen LogP contribution is 2.11. The summed E-state index contributed by atoms with van der Waals surface area (Å²) in [5, 5.41) is 3.56. The molecule has 84 valence electrons. The maximum absolute atomic E-state index is 11.9. The van der Waals surface area contributed by atoms with Gasteiger partial charge in [0.05, 0.1) is 5.75 Å². The lowest BCUT2D eigenvalue weighted by Gasteiger charge is -2.07. The minimum absolute atomic E-state index is 0. The summed E-state index contributed by atoms with van der Waals surface area (Å²) in [5.74, 6) is 0.639. The molecule has 1 fully saturated rings. The number of pyridine rings is 1. The zero-order chi connectivity index (χ0) is 9.80. The Hall–Kier alpha value is -0.450. The fourth-order valence-electron chi connectivity index (χ4n) is 1.62. The molecular weight excluding hydrogens is 232 g/mol. The first-order valence-corrected chi connectivity index (χ1v) is 6.21. The van der Waals surface area contributed by atoms with Gasteiger partial charge in [0, 0.05) is 35.0 Å². The maximum atomic E-state index is 11.9. The summed E-state index contributed by atoms with van der Waals surface area (Å²) in [4.78, 5) is 4.01. The zero-order valence-corrected chi connectivity index (χ0v) is 10.0. The van der Waals surface area contributed by atoms with Crippen molar-refractivity contribution in [2.75, 3.05) is 13.1 Å². The number of hydrogen-bond acceptors (Lipinski definition) is 3. The maximum Gasteiger partial charge on any atom is 0.0504 e. The molecule has 0 radical (unpaired) electrons. The Morgan fingerprint density at radius 2 is 2.47 bits per heavy atom. The molecule has 0 aromatic carbocycles. The minimum Gasteiger partial charge on any atom is -0.315 e. The number of rotatable bonds is 3. The van der Waals surface area contributed by atoms with Crippen LogP contribution in [0, 0.1) is 0 Å². The average Bonchev–Trinajstić information content (AvgIpc) is 2.72. The van der Waals surface area contributed by atoms with Gasteiger partial charge in [0.15, 0.2) is 0 Å². The van der Waals surface area contributed by atoms with Crippen molar-refractivity contribution >= 4 is 23.2 Å². The Morgan fingerprint density at radius 3 is 3.07 bits per heavy atom. The fraction of sp³-hybridized carbons (Fsp3) is 0.500. The van der Waals surface area contributed by atoms with Crippen molar-refractivity contribution < 1.29 is 4.21 Å². The third kappa shape index (κ3) is 3.55. The molecule has 2 heterocycles. The van der Waals surface area contributed by atoms with Crippen molar-refractivity contribution in [2.45, 2.75) is 17.4 Å². The van der Waals surface area contributed by atoms with Gasteiger partial charge in [0.25, 0.3) is 0 Å². The molecule has 0 bridgehead atoms. The molecule has 15 heavy (non-hydrogen) atoms. The van der Waals surface area contributed by atoms with Crippen LogP contribution in [0.2, 0.25) is 0 Å². The summed E-state index contributed by atoms with van der Waals surface area (Å²) in [6.45, 7) is 1.90. The van der Waals surface area contributed by atoms with E-state index in [2.05, 4.69) is 10.3 Å². The molecule has 2 atom stereocenters. The van der Waals surface area contributed by atoms with Crippen molar-refractivity contribution in [3.63, 3.8) is 0 Å². The van der Waals surface area contributed by atoms with Gasteiger partial charge in [0.2, 0.25) is 0 Å². The van der Waals surface area contributed by atoms with Crippen LogP contribution in [-0.2, 0) is 16.6 Å². The SMILES string of the molecule is Cl.O=S(Cc1cccnc1)[C@H]1CCNC1. The predicted molar refractivity (Wildman–Crippen MR) is 64.6 cm³/mol. The molecule has 1 aromatic rings. The summed E-state index contributed by atoms with van der Waals surface area (Å²) >= 11 is 0. The van der Waals surface area contributed by atoms with Gasteiger partial charge in [-0.05, 0) is 24.6 Å². The molecule has 1 N–H and O–H groups in total. The Labute approximate surface area is 98.5 Å². The largest absolute Gasteiger partial charge is 0.315 e. The second-order valence-corrected chi connectivity index (χ2v) is 5.22. The topological polar surface area (TPSA) is 42.0 Å². The summed E-state index contributed by atoms with van der Waals surface area (Å²) in [5.41, 5.74) is 1.07. The standard InChI is InChI=1S/C10H14N2OS.ClH/c13-14(10-3-5-12-7-10)8-9-2-1-4-11-6-9;/h1-2,4,6,10,12H,3,5,7-8H2;1H/t10-,14?;/m0./s1. The molecular formula is C10H15ClN2OS. The number of aromatic nitrogens is 1. The molecule has 1 aliphatic heterocycles. The normalized spacial score (nSPS) is 22.0. The summed E-state index contributed by atoms with van der Waals surface area (Å²) in [6, 6.07) is 3.87. The van der Waals surface area contributed by atoms with Crippen LogP contribution in [0.5, 0.6) is 0 Å². The Balaban J connectivity index is 0.00000112. The summed E-state index contributed by atoms with van der Waals surface area (Å²) < 4.78 is 11.9. The van der Waals surface area contributed by atoms with Gasteiger partial charge < -0.3 is 5.32 Å². The first-order chi connectivity index (χ1) is 6.86. The van der Waals surface area contributed by atoms with E-state index in [1.807, 2.05) is 12.1 Å². The third-order valence-corrected chi connectivity index (χ3v) is 4.18. The van der Waals surface area contributed by atoms with E-state index in [1.54, 1.807) is 12.4 Å². The van der Waals surface area contributed by atoms with Gasteiger partial charge in [-0.25, -0.2) is 0 Å². The zero-order valence-electron chi connectivity index (χ0n) is 8.39. The molecule has 0 aliphatic carbocycles. The number of hydrogen-bond donors (Lipinski definition) is 1. The Bertz CT molecular complexity index is 314. The lowest BCUT2D eigenvalue weighted by Crippen LogP contribution is -2.19. The lowest BCUT2D eigenvalue weighted by atomic mass is 10.3. The average molecular weight is 247 g/mol. The van der Waals surface area contributed by atoms with E-state index >= 15 is 0 Å². The van der Waals surface area contributed by atoms with Crippen LogP contribution in [0.15, 0.2) is 24.5 Å². The van der Waals surface area contributed by atoms with Gasteiger partial charge in [-0.2, -0.15) is 0 Å². The van der Waals surface area contributed by atoms with E-state index in [4.69, 9.17) is 0 Å². The van der Waals surface area contributed by atoms with Crippen molar-refractivity contribution in [3.05, 3.63) is 30.1 Å². The molecule has 2 rings (SSSR count). The monoisotopic (exact) mass is 246 g/mol. The fourth-order valence-corrected chi connectivity index (χ4v) is 3.04. The van der Waals surface area contributed by atoms with E-state index in [-0.39, 0.29) is 12.4 Å². The lowest BCUT2D eigenvalue weighted by molar-refractivity contribution is 0.672. The molecule has 3 nitrogen and oxygen atoms in total. The van der Waals surface area contributed by atoms with Crippen LogP contribution in [0.25, 0.3) is 0 Å². The molecule has 0 spiro atoms. The first kappa shape index (κ1) is 12.6. The molecule has 1 unspecified atom stereocenters. The van der Waals surface area contributed by atoms with Gasteiger partial charge >= 0.3 is 0 Å². The van der Waals surface area contributed by atoms with E-state index in [0.717, 1.165) is 25.1 Å². The smallest absolute Gasteiger partial charge is 0.0504 e. The quantitative estimate of drug-likeness (QED) is 0.869. The van der Waals surface area contributed by atoms with Crippen LogP contribution < -0.4 is 5.32 Å². The van der Waals surface area contributed by atoms with Crippen LogP contribution in [0.1, 0.15) is 12.0 Å². The van der Waals surface area contributed by atoms with Crippen molar-refractivity contribution in [1.82, 2.24) is 10.3 Å². The van der Waals surface area contributed by atoms with Gasteiger partial charge in [-0.1, -0.05) is 6.07 Å². The Kier molecular flexibility index (Phi) is 5.22. The minimum atomic E-state index is -0.749. The van der Waals surface area contributed by atoms with Gasteiger partial charge in [-0.3, -0.25) is 9.19 Å². The van der Waals surface area contributed by atoms with E-state index in [9.17, 15) is 4.21 Å². The predicted octanol–water partition coefficient (Wildman–Crippen LogP) is 1.11. The molecule has 1 saturated heterocycles. The molecule has 0 saturated carbocycles. The van der Waals surface area contributed by atoms with Crippen molar-refractivity contribution in [3.8, 4) is 0 Å². The molecule has 1 aliphatic rings. The van der Waals surface area contributed by atoms with Crippen LogP contribution >= 0.6 is 12.4 Å². The highest BCUT2D eigenvalue weighted by Gasteiger charge is 2.20. The number of nitrogens with one attached hydrogen (secondary N) is 1. The van der Waals surface area contributed by atoms with Crippen LogP contribution in [0.3, 0.4) is 0 Å². The molecule has 0 amide bonds. The van der Waals surface area contributed by atoms with E-state index in [0.29, 0.717) is 11.0 Å². The van der Waals surface area contributed by atoms with Gasteiger partial charge in [-0.15, -0.1) is 12.4 Å². The number of halogens is 1. The van der Waals surface area contributed by atoms with Crippen molar-refractivity contribution in [1.29, 1.82) is 0 Å². The van der Waals surface area contributed by atoms with E-state index in [1.165, 1.54) is 0 Å². The molecule has 1 aromatic heterocycles. The van der Waals surface area contributed by atoms with Crippen molar-refractivity contribution in [2.24, 2.45) is 0 Å². The third-order valence-electron chi connectivity index (χ3n) is 2.42.